The summed E-state index contributed by atoms with van der Waals surface area (Å²) in [5, 5.41) is 3.10. The number of alkyl halides is 3. The Hall–Kier alpha value is -1.76. The fraction of sp³-hybridized carbons (Fsp3) is 0.500. The molecule has 1 amide bonds. The Balaban J connectivity index is 1.98. The van der Waals surface area contributed by atoms with Crippen LogP contribution in [0.2, 0.25) is 0 Å². The Kier molecular flexibility index (Phi) is 4.72. The third-order valence-corrected chi connectivity index (χ3v) is 3.29. The first-order valence-corrected chi connectivity index (χ1v) is 6.68. The second kappa shape index (κ2) is 6.34. The van der Waals surface area contributed by atoms with E-state index in [9.17, 15) is 18.0 Å². The molecule has 0 spiro atoms. The maximum absolute atomic E-state index is 12.2. The van der Waals surface area contributed by atoms with Crippen LogP contribution >= 0.6 is 0 Å². The number of likely N-dealkylation sites (N-methyl/N-ethyl adjacent to an activating group) is 1. The average molecular weight is 302 g/mol. The predicted molar refractivity (Wildman–Crippen MR) is 70.6 cm³/mol. The molecule has 7 heteroatoms. The van der Waals surface area contributed by atoms with E-state index in [0.717, 1.165) is 19.4 Å². The molecule has 2 rings (SSSR count). The van der Waals surface area contributed by atoms with Gasteiger partial charge < -0.3 is 15.0 Å². The second-order valence-electron chi connectivity index (χ2n) is 5.04. The molecule has 1 unspecified atom stereocenters. The van der Waals surface area contributed by atoms with E-state index < -0.39 is 6.36 Å². The molecule has 1 fully saturated rings. The highest BCUT2D eigenvalue weighted by atomic mass is 19.4. The first-order chi connectivity index (χ1) is 9.85. The standard InChI is InChI=1S/C14H17F3N2O2/c1-19(13(20)12-6-3-7-18-12)9-10-4-2-5-11(8-10)21-14(15,16)17/h2,4-5,8,12,18H,3,6-7,9H2,1H3. The van der Waals surface area contributed by atoms with Gasteiger partial charge in [0.1, 0.15) is 5.75 Å². The maximum Gasteiger partial charge on any atom is 0.573 e. The quantitative estimate of drug-likeness (QED) is 0.928. The van der Waals surface area contributed by atoms with Crippen LogP contribution in [-0.4, -0.2) is 36.8 Å². The zero-order valence-corrected chi connectivity index (χ0v) is 11.6. The van der Waals surface area contributed by atoms with Gasteiger partial charge in [-0.25, -0.2) is 0 Å². The Morgan fingerprint density at radius 1 is 1.48 bits per heavy atom. The molecular formula is C14H17F3N2O2. The average Bonchev–Trinajstić information content (AvgIpc) is 2.89. The number of carbonyl (C=O) groups is 1. The molecule has 1 aliphatic heterocycles. The predicted octanol–water partition coefficient (Wildman–Crippen LogP) is 2.30. The second-order valence-corrected chi connectivity index (χ2v) is 5.04. The number of hydrogen-bond donors (Lipinski definition) is 1. The number of rotatable bonds is 4. The van der Waals surface area contributed by atoms with Crippen molar-refractivity contribution in [2.24, 2.45) is 0 Å². The largest absolute Gasteiger partial charge is 0.573 e. The number of amides is 1. The van der Waals surface area contributed by atoms with Gasteiger partial charge >= 0.3 is 6.36 Å². The van der Waals surface area contributed by atoms with Gasteiger partial charge in [-0.05, 0) is 37.1 Å². The van der Waals surface area contributed by atoms with E-state index in [2.05, 4.69) is 10.1 Å². The summed E-state index contributed by atoms with van der Waals surface area (Å²) in [6.07, 6.45) is -2.96. The minimum absolute atomic E-state index is 0.0466. The molecule has 0 radical (unpaired) electrons. The van der Waals surface area contributed by atoms with Crippen molar-refractivity contribution in [1.82, 2.24) is 10.2 Å². The zero-order chi connectivity index (χ0) is 15.5. The molecule has 4 nitrogen and oxygen atoms in total. The van der Waals surface area contributed by atoms with Crippen LogP contribution in [0.15, 0.2) is 24.3 Å². The molecule has 1 aliphatic rings. The monoisotopic (exact) mass is 302 g/mol. The molecule has 0 bridgehead atoms. The van der Waals surface area contributed by atoms with Crippen molar-refractivity contribution in [3.05, 3.63) is 29.8 Å². The van der Waals surface area contributed by atoms with Crippen molar-refractivity contribution in [3.8, 4) is 5.75 Å². The van der Waals surface area contributed by atoms with E-state index in [-0.39, 0.29) is 24.2 Å². The van der Waals surface area contributed by atoms with E-state index in [4.69, 9.17) is 0 Å². The summed E-state index contributed by atoms with van der Waals surface area (Å²) >= 11 is 0. The van der Waals surface area contributed by atoms with Crippen molar-refractivity contribution in [2.75, 3.05) is 13.6 Å². The van der Waals surface area contributed by atoms with Gasteiger partial charge in [-0.2, -0.15) is 0 Å². The van der Waals surface area contributed by atoms with Crippen LogP contribution in [-0.2, 0) is 11.3 Å². The Bertz CT molecular complexity index is 499. The van der Waals surface area contributed by atoms with Gasteiger partial charge in [-0.3, -0.25) is 4.79 Å². The summed E-state index contributed by atoms with van der Waals surface area (Å²) in [4.78, 5) is 13.6. The Morgan fingerprint density at radius 2 is 2.24 bits per heavy atom. The summed E-state index contributed by atoms with van der Waals surface area (Å²) < 4.78 is 40.4. The van der Waals surface area contributed by atoms with Crippen LogP contribution < -0.4 is 10.1 Å². The maximum atomic E-state index is 12.2. The topological polar surface area (TPSA) is 41.6 Å². The zero-order valence-electron chi connectivity index (χ0n) is 11.6. The van der Waals surface area contributed by atoms with Crippen molar-refractivity contribution < 1.29 is 22.7 Å². The number of ether oxygens (including phenoxy) is 1. The first-order valence-electron chi connectivity index (χ1n) is 6.68. The molecule has 0 saturated carbocycles. The summed E-state index contributed by atoms with van der Waals surface area (Å²) in [6.45, 7) is 1.06. The van der Waals surface area contributed by atoms with Crippen molar-refractivity contribution in [1.29, 1.82) is 0 Å². The molecule has 0 aromatic heterocycles. The third-order valence-electron chi connectivity index (χ3n) is 3.29. The molecule has 1 aromatic carbocycles. The smallest absolute Gasteiger partial charge is 0.406 e. The van der Waals surface area contributed by atoms with Crippen molar-refractivity contribution >= 4 is 5.91 Å². The van der Waals surface area contributed by atoms with Gasteiger partial charge in [0.05, 0.1) is 6.04 Å². The number of benzene rings is 1. The highest BCUT2D eigenvalue weighted by Crippen LogP contribution is 2.23. The van der Waals surface area contributed by atoms with Gasteiger partial charge in [0.2, 0.25) is 5.91 Å². The number of hydrogen-bond acceptors (Lipinski definition) is 3. The molecule has 1 saturated heterocycles. The van der Waals surface area contributed by atoms with Crippen LogP contribution in [0, 0.1) is 0 Å². The van der Waals surface area contributed by atoms with Crippen molar-refractivity contribution in [3.63, 3.8) is 0 Å². The van der Waals surface area contributed by atoms with E-state index in [0.29, 0.717) is 5.56 Å². The van der Waals surface area contributed by atoms with Gasteiger partial charge in [0, 0.05) is 13.6 Å². The number of halogens is 3. The Morgan fingerprint density at radius 3 is 2.86 bits per heavy atom. The van der Waals surface area contributed by atoms with Crippen LogP contribution in [0.4, 0.5) is 13.2 Å². The lowest BCUT2D eigenvalue weighted by atomic mass is 10.1. The fourth-order valence-corrected chi connectivity index (χ4v) is 2.35. The van der Waals surface area contributed by atoms with Crippen LogP contribution in [0.5, 0.6) is 5.75 Å². The van der Waals surface area contributed by atoms with E-state index in [1.165, 1.54) is 23.1 Å². The van der Waals surface area contributed by atoms with Gasteiger partial charge in [0.15, 0.2) is 0 Å². The molecule has 1 heterocycles. The van der Waals surface area contributed by atoms with E-state index in [1.807, 2.05) is 0 Å². The lowest BCUT2D eigenvalue weighted by Crippen LogP contribution is -2.41. The highest BCUT2D eigenvalue weighted by molar-refractivity contribution is 5.81. The lowest BCUT2D eigenvalue weighted by Gasteiger charge is -2.21. The number of carbonyl (C=O) groups excluding carboxylic acids is 1. The Labute approximate surface area is 120 Å². The first kappa shape index (κ1) is 15.6. The molecule has 0 aliphatic carbocycles. The summed E-state index contributed by atoms with van der Waals surface area (Å²) in [5.74, 6) is -0.325. The number of nitrogens with one attached hydrogen (secondary N) is 1. The molecular weight excluding hydrogens is 285 g/mol. The molecule has 21 heavy (non-hydrogen) atoms. The molecule has 1 N–H and O–H groups in total. The molecule has 1 aromatic rings. The van der Waals surface area contributed by atoms with Crippen LogP contribution in [0.3, 0.4) is 0 Å². The van der Waals surface area contributed by atoms with Crippen LogP contribution in [0.25, 0.3) is 0 Å². The molecule has 116 valence electrons. The van der Waals surface area contributed by atoms with E-state index in [1.54, 1.807) is 13.1 Å². The normalized spacial score (nSPS) is 18.6. The lowest BCUT2D eigenvalue weighted by molar-refractivity contribution is -0.274. The van der Waals surface area contributed by atoms with Crippen molar-refractivity contribution in [2.45, 2.75) is 31.8 Å². The number of nitrogens with zero attached hydrogens (tertiary/aromatic N) is 1. The van der Waals surface area contributed by atoms with E-state index >= 15 is 0 Å². The fourth-order valence-electron chi connectivity index (χ4n) is 2.35. The van der Waals surface area contributed by atoms with Gasteiger partial charge in [-0.15, -0.1) is 13.2 Å². The highest BCUT2D eigenvalue weighted by Gasteiger charge is 2.31. The summed E-state index contributed by atoms with van der Waals surface area (Å²) in [5.41, 5.74) is 0.589. The molecule has 1 atom stereocenters. The SMILES string of the molecule is CN(Cc1cccc(OC(F)(F)F)c1)C(=O)C1CCCN1. The van der Waals surface area contributed by atoms with Gasteiger partial charge in [-0.1, -0.05) is 12.1 Å². The summed E-state index contributed by atoms with van der Waals surface area (Å²) in [7, 11) is 1.64. The summed E-state index contributed by atoms with van der Waals surface area (Å²) in [6, 6.07) is 5.47. The van der Waals surface area contributed by atoms with Crippen LogP contribution in [0.1, 0.15) is 18.4 Å². The minimum Gasteiger partial charge on any atom is -0.406 e. The third kappa shape index (κ3) is 4.63. The van der Waals surface area contributed by atoms with Gasteiger partial charge in [0.25, 0.3) is 0 Å². The minimum atomic E-state index is -4.71.